The summed E-state index contributed by atoms with van der Waals surface area (Å²) in [5, 5.41) is 3.23. The molecule has 1 aliphatic rings. The quantitative estimate of drug-likeness (QED) is 0.676. The molecule has 0 bridgehead atoms. The van der Waals surface area contributed by atoms with Crippen molar-refractivity contribution in [3.8, 4) is 0 Å². The van der Waals surface area contributed by atoms with Gasteiger partial charge in [-0.25, -0.2) is 4.39 Å². The molecule has 4 heteroatoms. The zero-order valence-electron chi connectivity index (χ0n) is 6.85. The summed E-state index contributed by atoms with van der Waals surface area (Å²) in [6.45, 7) is 5.70. The summed E-state index contributed by atoms with van der Waals surface area (Å²) in [5.74, 6) is 0. The van der Waals surface area contributed by atoms with Crippen LogP contribution in [0, 0.1) is 0 Å². The maximum Gasteiger partial charge on any atom is 0.105 e. The van der Waals surface area contributed by atoms with Gasteiger partial charge in [0, 0.05) is 32.2 Å². The van der Waals surface area contributed by atoms with E-state index in [1.807, 2.05) is 6.92 Å². The van der Waals surface area contributed by atoms with E-state index in [9.17, 15) is 4.39 Å². The van der Waals surface area contributed by atoms with Crippen molar-refractivity contribution >= 4 is 12.4 Å². The highest BCUT2D eigenvalue weighted by atomic mass is 35.5. The van der Waals surface area contributed by atoms with Crippen molar-refractivity contribution in [2.45, 2.75) is 13.0 Å². The Balaban J connectivity index is 0.000001000. The first-order valence-corrected chi connectivity index (χ1v) is 3.85. The largest absolute Gasteiger partial charge is 0.314 e. The number of hydrogen-bond acceptors (Lipinski definition) is 2. The van der Waals surface area contributed by atoms with Gasteiger partial charge in [0.15, 0.2) is 0 Å². The number of halogens is 2. The van der Waals surface area contributed by atoms with Gasteiger partial charge in [-0.15, -0.1) is 12.4 Å². The molecule has 0 amide bonds. The Labute approximate surface area is 73.6 Å². The number of piperazine rings is 1. The zero-order chi connectivity index (χ0) is 7.40. The molecule has 1 saturated heterocycles. The average molecular weight is 183 g/mol. The van der Waals surface area contributed by atoms with Crippen LogP contribution < -0.4 is 5.32 Å². The van der Waals surface area contributed by atoms with Crippen molar-refractivity contribution in [3.63, 3.8) is 0 Å². The van der Waals surface area contributed by atoms with Crippen molar-refractivity contribution in [2.24, 2.45) is 0 Å². The van der Waals surface area contributed by atoms with Gasteiger partial charge in [0.2, 0.25) is 0 Å². The van der Waals surface area contributed by atoms with E-state index in [0.29, 0.717) is 0 Å². The highest BCUT2D eigenvalue weighted by Gasteiger charge is 2.14. The van der Waals surface area contributed by atoms with E-state index in [0.717, 1.165) is 26.2 Å². The molecule has 1 aliphatic heterocycles. The Kier molecular flexibility index (Phi) is 5.82. The molecule has 0 aromatic carbocycles. The minimum atomic E-state index is -0.222. The second kappa shape index (κ2) is 5.75. The van der Waals surface area contributed by atoms with Crippen LogP contribution in [0.25, 0.3) is 0 Å². The predicted molar refractivity (Wildman–Crippen MR) is 47.1 cm³/mol. The molecule has 0 radical (unpaired) electrons. The van der Waals surface area contributed by atoms with Crippen molar-refractivity contribution in [1.82, 2.24) is 10.2 Å². The molecule has 0 aliphatic carbocycles. The lowest BCUT2D eigenvalue weighted by Gasteiger charge is -2.31. The number of alkyl halides is 1. The fourth-order valence-corrected chi connectivity index (χ4v) is 1.22. The Morgan fingerprint density at radius 1 is 1.45 bits per heavy atom. The Morgan fingerprint density at radius 3 is 2.45 bits per heavy atom. The second-order valence-electron chi connectivity index (χ2n) is 2.79. The van der Waals surface area contributed by atoms with Gasteiger partial charge >= 0.3 is 0 Å². The molecule has 1 N–H and O–H groups in total. The lowest BCUT2D eigenvalue weighted by molar-refractivity contribution is 0.159. The van der Waals surface area contributed by atoms with Gasteiger partial charge in [-0.2, -0.15) is 0 Å². The van der Waals surface area contributed by atoms with Crippen LogP contribution in [0.2, 0.25) is 0 Å². The number of nitrogens with one attached hydrogen (secondary N) is 1. The Morgan fingerprint density at radius 2 is 2.00 bits per heavy atom. The number of rotatable bonds is 2. The topological polar surface area (TPSA) is 15.3 Å². The lowest BCUT2D eigenvalue weighted by atomic mass is 10.2. The molecule has 0 aromatic rings. The summed E-state index contributed by atoms with van der Waals surface area (Å²) in [4.78, 5) is 2.18. The molecule has 0 saturated carbocycles. The Hall–Kier alpha value is 0.140. The zero-order valence-corrected chi connectivity index (χ0v) is 7.66. The Bertz CT molecular complexity index is 96.4. The van der Waals surface area contributed by atoms with Crippen LogP contribution in [0.4, 0.5) is 4.39 Å². The normalized spacial score (nSPS) is 22.4. The maximum atomic E-state index is 12.1. The SMILES string of the molecule is CC(CF)N1CCNCC1.Cl. The van der Waals surface area contributed by atoms with E-state index in [-0.39, 0.29) is 25.1 Å². The highest BCUT2D eigenvalue weighted by molar-refractivity contribution is 5.85. The second-order valence-corrected chi connectivity index (χ2v) is 2.79. The van der Waals surface area contributed by atoms with Crippen molar-refractivity contribution in [1.29, 1.82) is 0 Å². The smallest absolute Gasteiger partial charge is 0.105 e. The average Bonchev–Trinajstić information content (AvgIpc) is 2.05. The molecule has 2 nitrogen and oxygen atoms in total. The molecular formula is C7H16ClFN2. The first kappa shape index (κ1) is 11.1. The van der Waals surface area contributed by atoms with Gasteiger partial charge in [-0.05, 0) is 6.92 Å². The number of hydrogen-bond donors (Lipinski definition) is 1. The van der Waals surface area contributed by atoms with Gasteiger partial charge < -0.3 is 5.32 Å². The van der Waals surface area contributed by atoms with Gasteiger partial charge in [0.05, 0.1) is 0 Å². The molecule has 68 valence electrons. The van der Waals surface area contributed by atoms with Gasteiger partial charge in [-0.1, -0.05) is 0 Å². The van der Waals surface area contributed by atoms with Gasteiger partial charge in [-0.3, -0.25) is 4.90 Å². The summed E-state index contributed by atoms with van der Waals surface area (Å²) in [7, 11) is 0. The fraction of sp³-hybridized carbons (Fsp3) is 1.00. The first-order valence-electron chi connectivity index (χ1n) is 3.85. The summed E-state index contributed by atoms with van der Waals surface area (Å²) in [6.07, 6.45) is 0. The maximum absolute atomic E-state index is 12.1. The van der Waals surface area contributed by atoms with E-state index >= 15 is 0 Å². The van der Waals surface area contributed by atoms with Crippen LogP contribution in [0.5, 0.6) is 0 Å². The molecule has 11 heavy (non-hydrogen) atoms. The molecule has 1 rings (SSSR count). The first-order chi connectivity index (χ1) is 4.84. The molecule has 1 heterocycles. The molecule has 0 aromatic heterocycles. The molecule has 1 atom stereocenters. The molecule has 1 unspecified atom stereocenters. The van der Waals surface area contributed by atoms with Crippen LogP contribution in [0.1, 0.15) is 6.92 Å². The third-order valence-corrected chi connectivity index (χ3v) is 2.00. The minimum Gasteiger partial charge on any atom is -0.314 e. The summed E-state index contributed by atoms with van der Waals surface area (Å²) >= 11 is 0. The van der Waals surface area contributed by atoms with Crippen LogP contribution in [0.3, 0.4) is 0 Å². The third-order valence-electron chi connectivity index (χ3n) is 2.00. The van der Waals surface area contributed by atoms with Crippen LogP contribution in [-0.4, -0.2) is 43.8 Å². The summed E-state index contributed by atoms with van der Waals surface area (Å²) in [6, 6.07) is 0.113. The highest BCUT2D eigenvalue weighted by Crippen LogP contribution is 2.00. The van der Waals surface area contributed by atoms with E-state index in [4.69, 9.17) is 0 Å². The van der Waals surface area contributed by atoms with Gasteiger partial charge in [0.25, 0.3) is 0 Å². The molecule has 0 spiro atoms. The standard InChI is InChI=1S/C7H15FN2.ClH/c1-7(6-8)10-4-2-9-3-5-10;/h7,9H,2-6H2,1H3;1H. The van der Waals surface area contributed by atoms with E-state index in [1.54, 1.807) is 0 Å². The third kappa shape index (κ3) is 3.36. The summed E-state index contributed by atoms with van der Waals surface area (Å²) in [5.41, 5.74) is 0. The fourth-order valence-electron chi connectivity index (χ4n) is 1.22. The van der Waals surface area contributed by atoms with E-state index in [1.165, 1.54) is 0 Å². The molecular weight excluding hydrogens is 167 g/mol. The van der Waals surface area contributed by atoms with E-state index in [2.05, 4.69) is 10.2 Å². The van der Waals surface area contributed by atoms with Crippen molar-refractivity contribution < 1.29 is 4.39 Å². The number of nitrogens with zero attached hydrogens (tertiary/aromatic N) is 1. The monoisotopic (exact) mass is 182 g/mol. The van der Waals surface area contributed by atoms with Gasteiger partial charge in [0.1, 0.15) is 6.67 Å². The van der Waals surface area contributed by atoms with E-state index < -0.39 is 0 Å². The van der Waals surface area contributed by atoms with Crippen LogP contribution in [0.15, 0.2) is 0 Å². The minimum absolute atomic E-state index is 0. The van der Waals surface area contributed by atoms with Crippen LogP contribution in [-0.2, 0) is 0 Å². The predicted octanol–water partition coefficient (Wildman–Crippen LogP) is 0.671. The lowest BCUT2D eigenvalue weighted by Crippen LogP contribution is -2.48. The summed E-state index contributed by atoms with van der Waals surface area (Å²) < 4.78 is 12.1. The van der Waals surface area contributed by atoms with Crippen molar-refractivity contribution in [3.05, 3.63) is 0 Å². The van der Waals surface area contributed by atoms with Crippen LogP contribution >= 0.6 is 12.4 Å². The molecule has 1 fully saturated rings. The van der Waals surface area contributed by atoms with Crippen molar-refractivity contribution in [2.75, 3.05) is 32.9 Å².